The van der Waals surface area contributed by atoms with Crippen molar-refractivity contribution < 1.29 is 9.72 Å². The number of aryl methyl sites for hydroxylation is 1. The minimum absolute atomic E-state index is 0.0624. The van der Waals surface area contributed by atoms with Crippen LogP contribution >= 0.6 is 0 Å². The van der Waals surface area contributed by atoms with Crippen LogP contribution in [0.5, 0.6) is 0 Å². The Morgan fingerprint density at radius 1 is 0.964 bits per heavy atom. The summed E-state index contributed by atoms with van der Waals surface area (Å²) in [6, 6.07) is 23.8. The second-order valence-corrected chi connectivity index (χ2v) is 6.49. The molecule has 0 unspecified atom stereocenters. The van der Waals surface area contributed by atoms with Gasteiger partial charge < -0.3 is 5.32 Å². The van der Waals surface area contributed by atoms with Crippen molar-refractivity contribution in [3.05, 3.63) is 106 Å². The third kappa shape index (κ3) is 5.02. The number of nitrogens with one attached hydrogen (secondary N) is 2. The molecule has 0 spiro atoms. The number of benzene rings is 3. The van der Waals surface area contributed by atoms with Crippen molar-refractivity contribution in [1.29, 1.82) is 0 Å². The number of nitrogens with zero attached hydrogens (tertiary/aromatic N) is 1. The van der Waals surface area contributed by atoms with E-state index in [9.17, 15) is 14.9 Å². The molecule has 3 aromatic carbocycles. The molecule has 0 aliphatic heterocycles. The maximum atomic E-state index is 12.4. The molecule has 0 aliphatic carbocycles. The van der Waals surface area contributed by atoms with Gasteiger partial charge in [0, 0.05) is 17.8 Å². The number of carbonyl (C=O) groups is 1. The first-order chi connectivity index (χ1) is 13.5. The third-order valence-corrected chi connectivity index (χ3v) is 4.35. The van der Waals surface area contributed by atoms with Crippen LogP contribution in [0.3, 0.4) is 0 Å². The highest BCUT2D eigenvalue weighted by Crippen LogP contribution is 2.22. The Bertz CT molecular complexity index is 956. The standard InChI is InChI=1S/C22H21N3O3/c1-16-10-12-18(13-11-16)22(17-6-3-2-4-7-17)23-15-21(26)24-19-8-5-9-20(14-19)25(27)28/h2-14,22-23H,15H2,1H3,(H,24,26)/t22-/m1/s1. The molecule has 0 fully saturated rings. The molecule has 6 nitrogen and oxygen atoms in total. The van der Waals surface area contributed by atoms with Crippen molar-refractivity contribution in [2.45, 2.75) is 13.0 Å². The summed E-state index contributed by atoms with van der Waals surface area (Å²) >= 11 is 0. The van der Waals surface area contributed by atoms with Crippen molar-refractivity contribution >= 4 is 17.3 Å². The molecular weight excluding hydrogens is 354 g/mol. The summed E-state index contributed by atoms with van der Waals surface area (Å²) in [6.07, 6.45) is 0. The first-order valence-corrected chi connectivity index (χ1v) is 8.92. The Kier molecular flexibility index (Phi) is 6.14. The number of amides is 1. The van der Waals surface area contributed by atoms with Crippen molar-refractivity contribution in [3.8, 4) is 0 Å². The lowest BCUT2D eigenvalue weighted by molar-refractivity contribution is -0.384. The maximum absolute atomic E-state index is 12.4. The van der Waals surface area contributed by atoms with Crippen LogP contribution in [0.4, 0.5) is 11.4 Å². The smallest absolute Gasteiger partial charge is 0.271 e. The normalized spacial score (nSPS) is 11.6. The number of nitro benzene ring substituents is 1. The van der Waals surface area contributed by atoms with Crippen LogP contribution in [0, 0.1) is 17.0 Å². The highest BCUT2D eigenvalue weighted by molar-refractivity contribution is 5.92. The first kappa shape index (κ1) is 19.3. The third-order valence-electron chi connectivity index (χ3n) is 4.35. The zero-order valence-corrected chi connectivity index (χ0v) is 15.5. The summed E-state index contributed by atoms with van der Waals surface area (Å²) in [4.78, 5) is 22.8. The van der Waals surface area contributed by atoms with Crippen molar-refractivity contribution in [2.24, 2.45) is 0 Å². The van der Waals surface area contributed by atoms with Gasteiger partial charge >= 0.3 is 0 Å². The van der Waals surface area contributed by atoms with Crippen molar-refractivity contribution in [1.82, 2.24) is 5.32 Å². The Morgan fingerprint density at radius 3 is 2.32 bits per heavy atom. The van der Waals surface area contributed by atoms with E-state index >= 15 is 0 Å². The Labute approximate surface area is 163 Å². The molecule has 0 aliphatic rings. The number of rotatable bonds is 7. The fraction of sp³-hybridized carbons (Fsp3) is 0.136. The van der Waals surface area contributed by atoms with E-state index in [1.54, 1.807) is 12.1 Å². The Balaban J connectivity index is 1.71. The first-order valence-electron chi connectivity index (χ1n) is 8.92. The average molecular weight is 375 g/mol. The van der Waals surface area contributed by atoms with Crippen molar-refractivity contribution in [2.75, 3.05) is 11.9 Å². The van der Waals surface area contributed by atoms with Crippen LogP contribution in [0.2, 0.25) is 0 Å². The zero-order chi connectivity index (χ0) is 19.9. The van der Waals surface area contributed by atoms with E-state index in [1.807, 2.05) is 61.5 Å². The largest absolute Gasteiger partial charge is 0.325 e. The van der Waals surface area contributed by atoms with Gasteiger partial charge in [-0.25, -0.2) is 0 Å². The van der Waals surface area contributed by atoms with Gasteiger partial charge in [0.15, 0.2) is 0 Å². The highest BCUT2D eigenvalue weighted by atomic mass is 16.6. The lowest BCUT2D eigenvalue weighted by Gasteiger charge is -2.20. The molecule has 0 heterocycles. The highest BCUT2D eigenvalue weighted by Gasteiger charge is 2.15. The number of hydrogen-bond acceptors (Lipinski definition) is 4. The van der Waals surface area contributed by atoms with Gasteiger partial charge in [-0.1, -0.05) is 66.2 Å². The van der Waals surface area contributed by atoms with Gasteiger partial charge in [-0.2, -0.15) is 0 Å². The number of carbonyl (C=O) groups excluding carboxylic acids is 1. The van der Waals surface area contributed by atoms with Crippen LogP contribution < -0.4 is 10.6 Å². The molecule has 0 saturated heterocycles. The fourth-order valence-electron chi connectivity index (χ4n) is 2.93. The van der Waals surface area contributed by atoms with Crippen LogP contribution in [-0.4, -0.2) is 17.4 Å². The van der Waals surface area contributed by atoms with E-state index in [1.165, 1.54) is 17.7 Å². The molecule has 0 radical (unpaired) electrons. The second-order valence-electron chi connectivity index (χ2n) is 6.49. The summed E-state index contributed by atoms with van der Waals surface area (Å²) in [5.74, 6) is -0.270. The number of hydrogen-bond donors (Lipinski definition) is 2. The van der Waals surface area contributed by atoms with E-state index < -0.39 is 4.92 Å². The maximum Gasteiger partial charge on any atom is 0.271 e. The number of nitro groups is 1. The quantitative estimate of drug-likeness (QED) is 0.478. The molecule has 6 heteroatoms. The minimum atomic E-state index is -0.489. The topological polar surface area (TPSA) is 84.3 Å². The predicted molar refractivity (Wildman–Crippen MR) is 109 cm³/mol. The SMILES string of the molecule is Cc1ccc([C@H](NCC(=O)Nc2cccc([N+](=O)[O-])c2)c2ccccc2)cc1. The van der Waals surface area contributed by atoms with Gasteiger partial charge in [-0.15, -0.1) is 0 Å². The van der Waals surface area contributed by atoms with Crippen LogP contribution in [0.25, 0.3) is 0 Å². The fourth-order valence-corrected chi connectivity index (χ4v) is 2.93. The van der Waals surface area contributed by atoms with E-state index in [4.69, 9.17) is 0 Å². The van der Waals surface area contributed by atoms with Gasteiger partial charge in [0.25, 0.3) is 5.69 Å². The summed E-state index contributed by atoms with van der Waals surface area (Å²) in [6.45, 7) is 2.09. The number of anilines is 1. The average Bonchev–Trinajstić information content (AvgIpc) is 2.70. The Morgan fingerprint density at radius 2 is 1.64 bits per heavy atom. The van der Waals surface area contributed by atoms with Crippen LogP contribution in [0.1, 0.15) is 22.7 Å². The molecule has 1 amide bonds. The summed E-state index contributed by atoms with van der Waals surface area (Å²) in [7, 11) is 0. The molecule has 1 atom stereocenters. The van der Waals surface area contributed by atoms with Gasteiger partial charge in [-0.3, -0.25) is 20.2 Å². The number of non-ortho nitro benzene ring substituents is 1. The molecule has 0 aromatic heterocycles. The van der Waals surface area contributed by atoms with Crippen LogP contribution in [0.15, 0.2) is 78.9 Å². The molecule has 2 N–H and O–H groups in total. The lowest BCUT2D eigenvalue weighted by Crippen LogP contribution is -2.31. The molecule has 3 rings (SSSR count). The predicted octanol–water partition coefficient (Wildman–Crippen LogP) is 4.22. The molecule has 142 valence electrons. The van der Waals surface area contributed by atoms with E-state index in [0.717, 1.165) is 11.1 Å². The second kappa shape index (κ2) is 8.92. The van der Waals surface area contributed by atoms with Gasteiger partial charge in [0.2, 0.25) is 5.91 Å². The summed E-state index contributed by atoms with van der Waals surface area (Å²) < 4.78 is 0. The molecule has 0 bridgehead atoms. The lowest BCUT2D eigenvalue weighted by atomic mass is 9.98. The van der Waals surface area contributed by atoms with E-state index in [0.29, 0.717) is 5.69 Å². The molecule has 0 saturated carbocycles. The van der Waals surface area contributed by atoms with Gasteiger partial charge in [-0.05, 0) is 24.1 Å². The van der Waals surface area contributed by atoms with Crippen molar-refractivity contribution in [3.63, 3.8) is 0 Å². The summed E-state index contributed by atoms with van der Waals surface area (Å²) in [5, 5.41) is 16.9. The van der Waals surface area contributed by atoms with E-state index in [-0.39, 0.29) is 24.2 Å². The summed E-state index contributed by atoms with van der Waals surface area (Å²) in [5.41, 5.74) is 3.61. The van der Waals surface area contributed by atoms with E-state index in [2.05, 4.69) is 10.6 Å². The monoisotopic (exact) mass is 375 g/mol. The molecule has 3 aromatic rings. The van der Waals surface area contributed by atoms with Gasteiger partial charge in [0.05, 0.1) is 17.5 Å². The zero-order valence-electron chi connectivity index (χ0n) is 15.5. The molecular formula is C22H21N3O3. The van der Waals surface area contributed by atoms with Crippen LogP contribution in [-0.2, 0) is 4.79 Å². The molecule has 28 heavy (non-hydrogen) atoms. The Hall–Kier alpha value is -3.51. The van der Waals surface area contributed by atoms with Gasteiger partial charge in [0.1, 0.15) is 0 Å². The minimum Gasteiger partial charge on any atom is -0.325 e.